The summed E-state index contributed by atoms with van der Waals surface area (Å²) in [6, 6.07) is 15.8. The van der Waals surface area contributed by atoms with E-state index in [1.807, 2.05) is 0 Å². The highest BCUT2D eigenvalue weighted by atomic mass is 16.6. The van der Waals surface area contributed by atoms with Crippen LogP contribution in [0.15, 0.2) is 54.6 Å². The molecule has 1 aliphatic heterocycles. The fraction of sp³-hybridized carbons (Fsp3) is 0.375. The van der Waals surface area contributed by atoms with Gasteiger partial charge in [0.05, 0.1) is 0 Å². The summed E-state index contributed by atoms with van der Waals surface area (Å²) in [5.41, 5.74) is 0.580. The predicted octanol–water partition coefficient (Wildman–Crippen LogP) is 4.56. The normalized spacial score (nSPS) is 17.8. The number of hydrogen-bond donors (Lipinski definition) is 2. The number of hydrazine groups is 1. The summed E-state index contributed by atoms with van der Waals surface area (Å²) in [7, 11) is 0. The highest BCUT2D eigenvalue weighted by Gasteiger charge is 2.57. The van der Waals surface area contributed by atoms with E-state index in [9.17, 15) is 14.4 Å². The van der Waals surface area contributed by atoms with Gasteiger partial charge < -0.3 is 14.8 Å². The van der Waals surface area contributed by atoms with Crippen LogP contribution in [0.25, 0.3) is 0 Å². The molecule has 8 heteroatoms. The lowest BCUT2D eigenvalue weighted by Crippen LogP contribution is -2.62. The molecule has 0 fully saturated rings. The second-order valence-corrected chi connectivity index (χ2v) is 9.51. The molecule has 2 aromatic rings. The fourth-order valence-electron chi connectivity index (χ4n) is 3.53. The standard InChI is InChI=1S/C24H29N3O5/c1-22(2,3)31-20(29)26-27(21(30)32-23(4,5)6)24(16-12-8-7-9-13-16)17-14-10-11-15-18(17)25-19(24)28/h7-15H,1-6H3,(H,25,28)(H,26,29)/t24-/m0/s1. The van der Waals surface area contributed by atoms with Crippen molar-refractivity contribution in [2.24, 2.45) is 0 Å². The van der Waals surface area contributed by atoms with Gasteiger partial charge in [-0.25, -0.2) is 15.0 Å². The Morgan fingerprint density at radius 2 is 1.44 bits per heavy atom. The number of carbonyl (C=O) groups is 3. The molecule has 0 unspecified atom stereocenters. The minimum atomic E-state index is -1.71. The molecule has 0 radical (unpaired) electrons. The molecule has 0 aromatic heterocycles. The number of hydrogen-bond acceptors (Lipinski definition) is 5. The molecule has 0 aliphatic carbocycles. The second kappa shape index (κ2) is 8.18. The lowest BCUT2D eigenvalue weighted by Gasteiger charge is -2.40. The zero-order chi connectivity index (χ0) is 23.7. The van der Waals surface area contributed by atoms with E-state index in [0.29, 0.717) is 16.8 Å². The average molecular weight is 440 g/mol. The monoisotopic (exact) mass is 439 g/mol. The number of carbonyl (C=O) groups excluding carboxylic acids is 3. The van der Waals surface area contributed by atoms with Crippen LogP contribution in [-0.2, 0) is 19.8 Å². The van der Waals surface area contributed by atoms with Gasteiger partial charge in [-0.15, -0.1) is 0 Å². The van der Waals surface area contributed by atoms with Crippen molar-refractivity contribution in [1.82, 2.24) is 10.4 Å². The minimum Gasteiger partial charge on any atom is -0.443 e. The number of para-hydroxylation sites is 1. The molecule has 0 saturated heterocycles. The summed E-state index contributed by atoms with van der Waals surface area (Å²) < 4.78 is 11.0. The van der Waals surface area contributed by atoms with Gasteiger partial charge in [-0.3, -0.25) is 4.79 Å². The zero-order valence-corrected chi connectivity index (χ0v) is 19.2. The van der Waals surface area contributed by atoms with Gasteiger partial charge in [0.15, 0.2) is 5.54 Å². The first-order valence-electron chi connectivity index (χ1n) is 10.3. The van der Waals surface area contributed by atoms with Gasteiger partial charge in [-0.05, 0) is 53.2 Å². The Morgan fingerprint density at radius 3 is 2.03 bits per heavy atom. The molecule has 170 valence electrons. The van der Waals surface area contributed by atoms with E-state index < -0.39 is 34.8 Å². The topological polar surface area (TPSA) is 97.0 Å². The van der Waals surface area contributed by atoms with E-state index in [1.165, 1.54) is 0 Å². The Morgan fingerprint density at radius 1 is 0.875 bits per heavy atom. The van der Waals surface area contributed by atoms with Gasteiger partial charge in [0.1, 0.15) is 11.2 Å². The van der Waals surface area contributed by atoms with Crippen LogP contribution in [0.5, 0.6) is 0 Å². The first-order valence-corrected chi connectivity index (χ1v) is 10.3. The fourth-order valence-corrected chi connectivity index (χ4v) is 3.53. The Kier molecular flexibility index (Phi) is 5.91. The van der Waals surface area contributed by atoms with Crippen molar-refractivity contribution < 1.29 is 23.9 Å². The van der Waals surface area contributed by atoms with Gasteiger partial charge in [0.2, 0.25) is 0 Å². The average Bonchev–Trinajstić information content (AvgIpc) is 2.96. The van der Waals surface area contributed by atoms with E-state index in [0.717, 1.165) is 5.01 Å². The third-order valence-electron chi connectivity index (χ3n) is 4.60. The van der Waals surface area contributed by atoms with Crippen molar-refractivity contribution in [3.8, 4) is 0 Å². The zero-order valence-electron chi connectivity index (χ0n) is 19.2. The molecule has 3 amide bonds. The molecular weight excluding hydrogens is 410 g/mol. The van der Waals surface area contributed by atoms with Crippen LogP contribution >= 0.6 is 0 Å². The second-order valence-electron chi connectivity index (χ2n) is 9.51. The van der Waals surface area contributed by atoms with E-state index in [1.54, 1.807) is 96.1 Å². The van der Waals surface area contributed by atoms with Gasteiger partial charge in [-0.1, -0.05) is 48.5 Å². The lowest BCUT2D eigenvalue weighted by atomic mass is 9.83. The maximum atomic E-state index is 13.6. The van der Waals surface area contributed by atoms with Crippen molar-refractivity contribution in [3.05, 3.63) is 65.7 Å². The summed E-state index contributed by atoms with van der Waals surface area (Å²) in [5, 5.41) is 3.75. The van der Waals surface area contributed by atoms with Crippen LogP contribution < -0.4 is 10.7 Å². The summed E-state index contributed by atoms with van der Waals surface area (Å²) in [4.78, 5) is 39.8. The molecule has 1 atom stereocenters. The molecule has 1 aliphatic rings. The SMILES string of the molecule is CC(C)(C)OC(=O)NN(C(=O)OC(C)(C)C)[C@]1(c2ccccc2)C(=O)Nc2ccccc21. The number of benzene rings is 2. The molecule has 1 heterocycles. The molecule has 8 nitrogen and oxygen atoms in total. The van der Waals surface area contributed by atoms with E-state index >= 15 is 0 Å². The van der Waals surface area contributed by atoms with Crippen LogP contribution in [0.2, 0.25) is 0 Å². The molecule has 32 heavy (non-hydrogen) atoms. The highest BCUT2D eigenvalue weighted by molar-refractivity contribution is 6.10. The van der Waals surface area contributed by atoms with Gasteiger partial charge >= 0.3 is 12.2 Å². The Balaban J connectivity index is 2.22. The first kappa shape index (κ1) is 23.1. The number of nitrogens with one attached hydrogen (secondary N) is 2. The number of nitrogens with zero attached hydrogens (tertiary/aromatic N) is 1. The molecular formula is C24H29N3O5. The van der Waals surface area contributed by atoms with Crippen LogP contribution in [0.4, 0.5) is 15.3 Å². The summed E-state index contributed by atoms with van der Waals surface area (Å²) in [6.45, 7) is 10.2. The van der Waals surface area contributed by atoms with E-state index in [-0.39, 0.29) is 0 Å². The minimum absolute atomic E-state index is 0.476. The van der Waals surface area contributed by atoms with Gasteiger partial charge in [0, 0.05) is 11.3 Å². The number of amides is 3. The van der Waals surface area contributed by atoms with Gasteiger partial charge in [0.25, 0.3) is 5.91 Å². The maximum Gasteiger partial charge on any atom is 0.431 e. The van der Waals surface area contributed by atoms with E-state index in [2.05, 4.69) is 10.7 Å². The van der Waals surface area contributed by atoms with Crippen molar-refractivity contribution in [1.29, 1.82) is 0 Å². The van der Waals surface area contributed by atoms with Crippen molar-refractivity contribution in [2.75, 3.05) is 5.32 Å². The van der Waals surface area contributed by atoms with Crippen molar-refractivity contribution >= 4 is 23.8 Å². The molecule has 0 bridgehead atoms. The quantitative estimate of drug-likeness (QED) is 0.669. The van der Waals surface area contributed by atoms with Gasteiger partial charge in [-0.2, -0.15) is 5.01 Å². The highest BCUT2D eigenvalue weighted by Crippen LogP contribution is 2.45. The third kappa shape index (κ3) is 4.54. The number of ether oxygens (including phenoxy) is 2. The lowest BCUT2D eigenvalue weighted by molar-refractivity contribution is -0.127. The smallest absolute Gasteiger partial charge is 0.431 e. The maximum absolute atomic E-state index is 13.6. The summed E-state index contributed by atoms with van der Waals surface area (Å²) in [6.07, 6.45) is -1.80. The largest absolute Gasteiger partial charge is 0.443 e. The molecule has 2 N–H and O–H groups in total. The molecule has 0 spiro atoms. The first-order chi connectivity index (χ1) is 14.8. The Bertz CT molecular complexity index is 1020. The number of anilines is 1. The predicted molar refractivity (Wildman–Crippen MR) is 120 cm³/mol. The number of fused-ring (bicyclic) bond motifs is 1. The van der Waals surface area contributed by atoms with Crippen LogP contribution in [-0.4, -0.2) is 34.3 Å². The van der Waals surface area contributed by atoms with Crippen molar-refractivity contribution in [2.45, 2.75) is 58.3 Å². The van der Waals surface area contributed by atoms with Crippen LogP contribution in [0, 0.1) is 0 Å². The molecule has 2 aromatic carbocycles. The Hall–Kier alpha value is -3.55. The number of rotatable bonds is 2. The van der Waals surface area contributed by atoms with E-state index in [4.69, 9.17) is 9.47 Å². The summed E-state index contributed by atoms with van der Waals surface area (Å²) in [5.74, 6) is -0.508. The summed E-state index contributed by atoms with van der Waals surface area (Å²) >= 11 is 0. The van der Waals surface area contributed by atoms with Crippen LogP contribution in [0.3, 0.4) is 0 Å². The third-order valence-corrected chi connectivity index (χ3v) is 4.60. The Labute approximate surface area is 187 Å². The van der Waals surface area contributed by atoms with Crippen LogP contribution in [0.1, 0.15) is 52.7 Å². The molecule has 0 saturated carbocycles. The molecule has 3 rings (SSSR count). The van der Waals surface area contributed by atoms with Crippen molar-refractivity contribution in [3.63, 3.8) is 0 Å².